The van der Waals surface area contributed by atoms with Crippen LogP contribution in [0.1, 0.15) is 56.3 Å². The van der Waals surface area contributed by atoms with E-state index in [1.807, 2.05) is 44.2 Å². The molecule has 11 heteroatoms. The molecule has 0 saturated carbocycles. The Morgan fingerprint density at radius 2 is 1.58 bits per heavy atom. The highest BCUT2D eigenvalue weighted by molar-refractivity contribution is 5.86. The first-order valence-electron chi connectivity index (χ1n) is 16.1. The third kappa shape index (κ3) is 7.78. The smallest absolute Gasteiger partial charge is 0.242 e. The lowest BCUT2D eigenvalue weighted by atomic mass is 9.95. The minimum atomic E-state index is -0.673. The molecule has 0 aliphatic heterocycles. The third-order valence-corrected chi connectivity index (χ3v) is 8.88. The largest absolute Gasteiger partial charge is 0.493 e. The molecule has 2 amide bonds. The molecule has 0 fully saturated rings. The predicted molar refractivity (Wildman–Crippen MR) is 186 cm³/mol. The lowest BCUT2D eigenvalue weighted by Crippen LogP contribution is -2.45. The number of hydrogen-bond donors (Lipinski definition) is 3. The highest BCUT2D eigenvalue weighted by Crippen LogP contribution is 2.50. The van der Waals surface area contributed by atoms with Crippen LogP contribution in [-0.4, -0.2) is 59.9 Å². The quantitative estimate of drug-likeness (QED) is 0.217. The number of fused-ring (bicyclic) bond motifs is 3. The van der Waals surface area contributed by atoms with Crippen LogP contribution in [0.3, 0.4) is 0 Å². The normalized spacial score (nSPS) is 14.6. The summed E-state index contributed by atoms with van der Waals surface area (Å²) in [5, 5.41) is 9.33. The molecule has 0 aromatic heterocycles. The Bertz CT molecular complexity index is 1690. The van der Waals surface area contributed by atoms with Crippen molar-refractivity contribution in [1.82, 2.24) is 10.6 Å². The molecule has 0 saturated heterocycles. The van der Waals surface area contributed by atoms with Crippen LogP contribution in [0.5, 0.6) is 28.7 Å². The molecule has 1 aliphatic rings. The summed E-state index contributed by atoms with van der Waals surface area (Å²) in [6.45, 7) is 5.83. The van der Waals surface area contributed by atoms with E-state index in [9.17, 15) is 14.4 Å². The lowest BCUT2D eigenvalue weighted by Gasteiger charge is -2.24. The molecule has 0 spiro atoms. The number of anilines is 1. The van der Waals surface area contributed by atoms with Crippen molar-refractivity contribution in [3.8, 4) is 39.9 Å². The van der Waals surface area contributed by atoms with Gasteiger partial charge in [-0.25, -0.2) is 0 Å². The van der Waals surface area contributed by atoms with Gasteiger partial charge < -0.3 is 39.6 Å². The standard InChI is InChI=1S/C37H47N3O8/c1-9-21(2)34(37(43)38-17-16-23-10-15-30(44-4)31(18-23)45-5)40-28-14-12-25-26(20-29(28)42)27(39-22(3)41)13-11-24-19-32(46-6)35(47-7)36(48-8)33(24)25/h10,12,14-15,18-21,27,34H,9,11,13,16-17H2,1-8H3,(H,38,43)(H,39,41)(H,40,42). The Labute approximate surface area is 282 Å². The van der Waals surface area contributed by atoms with Crippen LogP contribution in [0.2, 0.25) is 0 Å². The summed E-state index contributed by atoms with van der Waals surface area (Å²) in [7, 11) is 7.84. The number of carbonyl (C=O) groups excluding carboxylic acids is 2. The predicted octanol–water partition coefficient (Wildman–Crippen LogP) is 5.07. The molecule has 3 unspecified atom stereocenters. The van der Waals surface area contributed by atoms with Crippen LogP contribution in [0.4, 0.5) is 5.69 Å². The van der Waals surface area contributed by atoms with E-state index >= 15 is 0 Å². The number of amides is 2. The number of aryl methyl sites for hydroxylation is 1. The van der Waals surface area contributed by atoms with Gasteiger partial charge in [0.2, 0.25) is 23.0 Å². The number of benzene rings is 2. The second-order valence-corrected chi connectivity index (χ2v) is 11.8. The second kappa shape index (κ2) is 16.3. The van der Waals surface area contributed by atoms with E-state index in [2.05, 4.69) is 16.0 Å². The Hall–Kier alpha value is -4.93. The monoisotopic (exact) mass is 661 g/mol. The van der Waals surface area contributed by atoms with Crippen molar-refractivity contribution in [3.05, 3.63) is 69.4 Å². The second-order valence-electron chi connectivity index (χ2n) is 11.8. The average Bonchev–Trinajstić information content (AvgIpc) is 3.33. The Kier molecular flexibility index (Phi) is 12.2. The van der Waals surface area contributed by atoms with Gasteiger partial charge in [0.25, 0.3) is 0 Å². The highest BCUT2D eigenvalue weighted by Gasteiger charge is 2.30. The van der Waals surface area contributed by atoms with Gasteiger partial charge in [-0.15, -0.1) is 0 Å². The number of rotatable bonds is 14. The molecule has 3 N–H and O–H groups in total. The van der Waals surface area contributed by atoms with Crippen molar-refractivity contribution in [2.45, 2.75) is 58.5 Å². The fraction of sp³-hybridized carbons (Fsp3) is 0.432. The average molecular weight is 662 g/mol. The van der Waals surface area contributed by atoms with Gasteiger partial charge in [-0.05, 0) is 77.8 Å². The van der Waals surface area contributed by atoms with Crippen molar-refractivity contribution in [1.29, 1.82) is 0 Å². The summed E-state index contributed by atoms with van der Waals surface area (Å²) in [6, 6.07) is 11.5. The number of nitrogens with one attached hydrogen (secondary N) is 3. The summed E-state index contributed by atoms with van der Waals surface area (Å²) in [4.78, 5) is 39.8. The van der Waals surface area contributed by atoms with Gasteiger partial charge in [-0.3, -0.25) is 14.4 Å². The summed E-state index contributed by atoms with van der Waals surface area (Å²) in [5.74, 6) is 2.17. The number of carbonyl (C=O) groups is 2. The van der Waals surface area contributed by atoms with Gasteiger partial charge in [-0.2, -0.15) is 0 Å². The summed E-state index contributed by atoms with van der Waals surface area (Å²) < 4.78 is 27.9. The molecule has 4 rings (SSSR count). The zero-order chi connectivity index (χ0) is 35.0. The van der Waals surface area contributed by atoms with Gasteiger partial charge in [0.15, 0.2) is 23.0 Å². The van der Waals surface area contributed by atoms with Gasteiger partial charge in [-0.1, -0.05) is 32.4 Å². The fourth-order valence-corrected chi connectivity index (χ4v) is 6.17. The number of ether oxygens (including phenoxy) is 5. The molecule has 0 heterocycles. The maximum absolute atomic E-state index is 13.9. The molecule has 258 valence electrons. The van der Waals surface area contributed by atoms with Crippen LogP contribution in [0, 0.1) is 5.92 Å². The zero-order valence-electron chi connectivity index (χ0n) is 29.1. The number of methoxy groups -OCH3 is 5. The van der Waals surface area contributed by atoms with Crippen molar-refractivity contribution < 1.29 is 33.3 Å². The lowest BCUT2D eigenvalue weighted by molar-refractivity contribution is -0.123. The summed E-state index contributed by atoms with van der Waals surface area (Å²) >= 11 is 0. The Morgan fingerprint density at radius 1 is 0.875 bits per heavy atom. The Balaban J connectivity index is 1.71. The molecule has 1 aliphatic carbocycles. The van der Waals surface area contributed by atoms with Gasteiger partial charge in [0.1, 0.15) is 6.04 Å². The minimum Gasteiger partial charge on any atom is -0.493 e. The molecule has 11 nitrogen and oxygen atoms in total. The van der Waals surface area contributed by atoms with Crippen molar-refractivity contribution >= 4 is 17.5 Å². The SMILES string of the molecule is CCC(C)C(Nc1ccc2c(cc1=O)C(NC(C)=O)CCc1cc(OC)c(OC)c(OC)c1-2)C(=O)NCCc1ccc(OC)c(OC)c1. The van der Waals surface area contributed by atoms with Crippen LogP contribution in [0.25, 0.3) is 11.1 Å². The molecule has 3 atom stereocenters. The summed E-state index contributed by atoms with van der Waals surface area (Å²) in [6.07, 6.45) is 2.43. The maximum Gasteiger partial charge on any atom is 0.242 e. The first kappa shape index (κ1) is 35.9. The van der Waals surface area contributed by atoms with E-state index in [1.165, 1.54) is 6.92 Å². The first-order valence-corrected chi connectivity index (χ1v) is 16.1. The molecule has 3 aromatic carbocycles. The zero-order valence-corrected chi connectivity index (χ0v) is 29.1. The van der Waals surface area contributed by atoms with Crippen molar-refractivity contribution in [2.24, 2.45) is 5.92 Å². The topological polar surface area (TPSA) is 133 Å². The van der Waals surface area contributed by atoms with E-state index < -0.39 is 12.1 Å². The Morgan fingerprint density at radius 3 is 2.21 bits per heavy atom. The minimum absolute atomic E-state index is 0.0847. The molecule has 3 aromatic rings. The number of hydrogen-bond acceptors (Lipinski definition) is 9. The van der Waals surface area contributed by atoms with E-state index in [0.29, 0.717) is 72.1 Å². The van der Waals surface area contributed by atoms with E-state index in [1.54, 1.807) is 47.7 Å². The van der Waals surface area contributed by atoms with E-state index in [0.717, 1.165) is 16.7 Å². The fourth-order valence-electron chi connectivity index (χ4n) is 6.17. The van der Waals surface area contributed by atoms with Crippen molar-refractivity contribution in [3.63, 3.8) is 0 Å². The maximum atomic E-state index is 13.9. The van der Waals surface area contributed by atoms with Crippen LogP contribution in [0.15, 0.2) is 47.3 Å². The molecule has 0 radical (unpaired) electrons. The van der Waals surface area contributed by atoms with E-state index in [4.69, 9.17) is 23.7 Å². The first-order chi connectivity index (χ1) is 23.1. The van der Waals surface area contributed by atoms with Crippen LogP contribution < -0.4 is 45.1 Å². The third-order valence-electron chi connectivity index (χ3n) is 8.88. The van der Waals surface area contributed by atoms with Crippen LogP contribution >= 0.6 is 0 Å². The highest BCUT2D eigenvalue weighted by atomic mass is 16.5. The van der Waals surface area contributed by atoms with Gasteiger partial charge in [0, 0.05) is 19.0 Å². The van der Waals surface area contributed by atoms with Gasteiger partial charge >= 0.3 is 0 Å². The van der Waals surface area contributed by atoms with E-state index in [-0.39, 0.29) is 28.8 Å². The molecular weight excluding hydrogens is 614 g/mol. The molecule has 48 heavy (non-hydrogen) atoms. The van der Waals surface area contributed by atoms with Gasteiger partial charge in [0.05, 0.1) is 47.3 Å². The van der Waals surface area contributed by atoms with Crippen molar-refractivity contribution in [2.75, 3.05) is 47.4 Å². The summed E-state index contributed by atoms with van der Waals surface area (Å²) in [5.41, 5.74) is 3.99. The molecular formula is C37H47N3O8. The molecule has 0 bridgehead atoms. The van der Waals surface area contributed by atoms with Crippen LogP contribution in [-0.2, 0) is 22.4 Å².